The van der Waals surface area contributed by atoms with Crippen molar-refractivity contribution in [1.29, 1.82) is 0 Å². The van der Waals surface area contributed by atoms with Crippen LogP contribution in [0.4, 0.5) is 0 Å². The number of quaternary nitrogens is 1. The van der Waals surface area contributed by atoms with Crippen LogP contribution in [0.2, 0.25) is 0 Å². The van der Waals surface area contributed by atoms with E-state index in [1.807, 2.05) is 0 Å². The van der Waals surface area contributed by atoms with E-state index in [9.17, 15) is 0 Å². The van der Waals surface area contributed by atoms with Gasteiger partial charge in [-0.05, 0) is 51.4 Å². The summed E-state index contributed by atoms with van der Waals surface area (Å²) < 4.78 is 1.49. The van der Waals surface area contributed by atoms with Crippen LogP contribution >= 0.6 is 0 Å². The largest absolute Gasteiger partial charge is 0.324 e. The molecule has 0 saturated carbocycles. The van der Waals surface area contributed by atoms with Crippen LogP contribution in [0.5, 0.6) is 0 Å². The van der Waals surface area contributed by atoms with Crippen molar-refractivity contribution in [2.45, 2.75) is 413 Å². The molecule has 1 heteroatoms. The predicted molar refractivity (Wildman–Crippen MR) is 319 cm³/mol. The Labute approximate surface area is 441 Å². The van der Waals surface area contributed by atoms with E-state index in [4.69, 9.17) is 0 Å². The van der Waals surface area contributed by atoms with E-state index in [0.717, 1.165) is 0 Å². The molecule has 0 atom stereocenters. The summed E-state index contributed by atoms with van der Waals surface area (Å²) in [5.41, 5.74) is 0. The van der Waals surface area contributed by atoms with E-state index >= 15 is 0 Å². The van der Waals surface area contributed by atoms with E-state index in [0.29, 0.717) is 0 Å². The molecule has 0 aliphatic heterocycles. The number of unbranched alkanes of at least 4 members (excludes halogenated alkanes) is 56. The summed E-state index contributed by atoms with van der Waals surface area (Å²) in [5.74, 6) is 0. The van der Waals surface area contributed by atoms with Crippen LogP contribution in [-0.2, 0) is 0 Å². The maximum absolute atomic E-state index is 2.33. The third-order valence-corrected chi connectivity index (χ3v) is 16.9. The lowest BCUT2D eigenvalue weighted by molar-refractivity contribution is -0.929. The molecule has 0 aromatic heterocycles. The van der Waals surface area contributed by atoms with Gasteiger partial charge in [-0.25, -0.2) is 0 Å². The third kappa shape index (κ3) is 57.1. The van der Waals surface area contributed by atoms with Crippen molar-refractivity contribution >= 4 is 0 Å². The minimum Gasteiger partial charge on any atom is -0.324 e. The molecule has 0 radical (unpaired) electrons. The fourth-order valence-corrected chi connectivity index (χ4v) is 11.9. The van der Waals surface area contributed by atoms with E-state index < -0.39 is 0 Å². The first-order chi connectivity index (χ1) is 34.2. The van der Waals surface area contributed by atoms with Crippen LogP contribution in [0.25, 0.3) is 0 Å². The second-order valence-corrected chi connectivity index (χ2v) is 24.0. The first kappa shape index (κ1) is 69.0. The van der Waals surface area contributed by atoms with Gasteiger partial charge in [0.1, 0.15) is 0 Å². The summed E-state index contributed by atoms with van der Waals surface area (Å²) in [6.07, 6.45) is 88.7. The standard InChI is InChI=1S/C68H140N/c1-5-9-13-17-21-25-29-33-37-41-45-49-53-57-61-65-69(66-62-58-54-50-46-42-38-34-30-26-22-18-14-10-6-2,67-63-59-55-51-47-43-39-35-31-27-23-19-15-11-7-3)68-64-60-56-52-48-44-40-36-32-28-24-20-16-12-8-4/h5-68H2,1-4H3/q+1. The van der Waals surface area contributed by atoms with Gasteiger partial charge in [0.15, 0.2) is 0 Å². The summed E-state index contributed by atoms with van der Waals surface area (Å²) in [5, 5.41) is 0. The molecule has 69 heavy (non-hydrogen) atoms. The van der Waals surface area contributed by atoms with Crippen LogP contribution in [0.15, 0.2) is 0 Å². The first-order valence-electron chi connectivity index (χ1n) is 34.1. The summed E-state index contributed by atoms with van der Waals surface area (Å²) in [7, 11) is 0. The molecule has 0 aromatic carbocycles. The van der Waals surface area contributed by atoms with Gasteiger partial charge in [-0.3, -0.25) is 0 Å². The Kier molecular flexibility index (Phi) is 62.2. The van der Waals surface area contributed by atoms with Crippen molar-refractivity contribution in [3.63, 3.8) is 0 Å². The van der Waals surface area contributed by atoms with Gasteiger partial charge in [0.2, 0.25) is 0 Å². The molecule has 416 valence electrons. The number of hydrogen-bond donors (Lipinski definition) is 0. The van der Waals surface area contributed by atoms with E-state index in [-0.39, 0.29) is 0 Å². The minimum absolute atomic E-state index is 1.37. The minimum atomic E-state index is 1.37. The smallest absolute Gasteiger partial charge is 0.0786 e. The lowest BCUT2D eigenvalue weighted by Crippen LogP contribution is -2.50. The van der Waals surface area contributed by atoms with Crippen molar-refractivity contribution in [3.05, 3.63) is 0 Å². The van der Waals surface area contributed by atoms with Gasteiger partial charge in [0, 0.05) is 0 Å². The van der Waals surface area contributed by atoms with Gasteiger partial charge in [-0.1, -0.05) is 362 Å². The molecule has 0 heterocycles. The molecule has 1 nitrogen and oxygen atoms in total. The first-order valence-corrected chi connectivity index (χ1v) is 34.1. The molecule has 0 fully saturated rings. The lowest BCUT2D eigenvalue weighted by atomic mass is 10.0. The topological polar surface area (TPSA) is 0 Å². The van der Waals surface area contributed by atoms with Crippen LogP contribution in [0, 0.1) is 0 Å². The fourth-order valence-electron chi connectivity index (χ4n) is 11.9. The van der Waals surface area contributed by atoms with Crippen molar-refractivity contribution in [3.8, 4) is 0 Å². The van der Waals surface area contributed by atoms with Gasteiger partial charge in [-0.2, -0.15) is 0 Å². The monoisotopic (exact) mass is 971 g/mol. The highest BCUT2D eigenvalue weighted by atomic mass is 15.3. The Bertz CT molecular complexity index is 722. The molecule has 0 aliphatic rings. The molecule has 0 amide bonds. The molecule has 0 saturated heterocycles. The maximum atomic E-state index is 2.33. The van der Waals surface area contributed by atoms with E-state index in [1.54, 1.807) is 0 Å². The Morgan fingerprint density at radius 2 is 0.203 bits per heavy atom. The molecular weight excluding hydrogens is 831 g/mol. The predicted octanol–water partition coefficient (Wildman–Crippen LogP) is 25.3. The molecule has 0 rings (SSSR count). The highest BCUT2D eigenvalue weighted by molar-refractivity contribution is 4.58. The number of hydrogen-bond acceptors (Lipinski definition) is 0. The Morgan fingerprint density at radius 1 is 0.116 bits per heavy atom. The Hall–Kier alpha value is -0.0400. The number of nitrogens with zero attached hydrogens (tertiary/aromatic N) is 1. The molecule has 0 N–H and O–H groups in total. The fraction of sp³-hybridized carbons (Fsp3) is 1.00. The quantitative estimate of drug-likeness (QED) is 0.0421. The maximum Gasteiger partial charge on any atom is 0.0786 e. The van der Waals surface area contributed by atoms with Crippen molar-refractivity contribution in [1.82, 2.24) is 0 Å². The lowest BCUT2D eigenvalue weighted by Gasteiger charge is -2.40. The van der Waals surface area contributed by atoms with Gasteiger partial charge >= 0.3 is 0 Å². The van der Waals surface area contributed by atoms with Gasteiger partial charge < -0.3 is 4.48 Å². The van der Waals surface area contributed by atoms with Crippen molar-refractivity contribution < 1.29 is 4.48 Å². The summed E-state index contributed by atoms with van der Waals surface area (Å²) in [6, 6.07) is 0. The molecule has 0 aromatic rings. The third-order valence-electron chi connectivity index (χ3n) is 16.9. The van der Waals surface area contributed by atoms with Crippen molar-refractivity contribution in [2.75, 3.05) is 26.2 Å². The van der Waals surface area contributed by atoms with Crippen LogP contribution in [0.1, 0.15) is 413 Å². The molecule has 0 bridgehead atoms. The second-order valence-electron chi connectivity index (χ2n) is 24.0. The van der Waals surface area contributed by atoms with E-state index in [1.165, 1.54) is 416 Å². The zero-order valence-electron chi connectivity index (χ0n) is 49.7. The highest BCUT2D eigenvalue weighted by Gasteiger charge is 2.26. The van der Waals surface area contributed by atoms with Gasteiger partial charge in [-0.15, -0.1) is 0 Å². The molecular formula is C68H140N+. The Morgan fingerprint density at radius 3 is 0.304 bits per heavy atom. The average Bonchev–Trinajstić information content (AvgIpc) is 3.36. The highest BCUT2D eigenvalue weighted by Crippen LogP contribution is 2.23. The van der Waals surface area contributed by atoms with Crippen molar-refractivity contribution in [2.24, 2.45) is 0 Å². The van der Waals surface area contributed by atoms with Crippen LogP contribution in [0.3, 0.4) is 0 Å². The Balaban J connectivity index is 4.95. The summed E-state index contributed by atoms with van der Waals surface area (Å²) in [4.78, 5) is 0. The van der Waals surface area contributed by atoms with Gasteiger partial charge in [0.25, 0.3) is 0 Å². The molecule has 0 aliphatic carbocycles. The zero-order chi connectivity index (χ0) is 49.8. The van der Waals surface area contributed by atoms with Crippen LogP contribution in [-0.4, -0.2) is 30.7 Å². The second kappa shape index (κ2) is 62.3. The van der Waals surface area contributed by atoms with Crippen LogP contribution < -0.4 is 0 Å². The SMILES string of the molecule is CCCCCCCCCCCCCCCCC[N+](CCCCCCCCCCCCCCCCC)(CCCCCCCCCCCCCCCCC)CCCCCCCCCCCCCCCCC. The normalized spacial score (nSPS) is 12.0. The summed E-state index contributed by atoms with van der Waals surface area (Å²) >= 11 is 0. The molecule has 0 spiro atoms. The summed E-state index contributed by atoms with van der Waals surface area (Å²) in [6.45, 7) is 15.3. The molecule has 0 unspecified atom stereocenters. The number of rotatable bonds is 64. The average molecular weight is 972 g/mol. The van der Waals surface area contributed by atoms with Gasteiger partial charge in [0.05, 0.1) is 26.2 Å². The zero-order valence-corrected chi connectivity index (χ0v) is 49.7. The van der Waals surface area contributed by atoms with E-state index in [2.05, 4.69) is 27.7 Å².